The molecule has 20 heavy (non-hydrogen) atoms. The molecular weight excluding hydrogens is 301 g/mol. The number of hydrogen-bond donors (Lipinski definition) is 1. The molecule has 4 nitrogen and oxygen atoms in total. The van der Waals surface area contributed by atoms with Crippen LogP contribution in [-0.4, -0.2) is 17.5 Å². The van der Waals surface area contributed by atoms with Gasteiger partial charge in [0.25, 0.3) is 0 Å². The van der Waals surface area contributed by atoms with Gasteiger partial charge in [-0.15, -0.1) is 0 Å². The fourth-order valence-electron chi connectivity index (χ4n) is 1.46. The molecule has 0 fully saturated rings. The van der Waals surface area contributed by atoms with E-state index >= 15 is 0 Å². The lowest BCUT2D eigenvalue weighted by molar-refractivity contribution is -0.155. The first kappa shape index (κ1) is 16.8. The van der Waals surface area contributed by atoms with Crippen LogP contribution < -0.4 is 5.32 Å². The summed E-state index contributed by atoms with van der Waals surface area (Å²) >= 11 is 11.6. The molecule has 0 saturated heterocycles. The number of halogens is 2. The van der Waals surface area contributed by atoms with Crippen molar-refractivity contribution in [2.75, 3.05) is 5.32 Å². The number of benzene rings is 1. The van der Waals surface area contributed by atoms with Gasteiger partial charge < -0.3 is 10.1 Å². The highest BCUT2D eigenvalue weighted by molar-refractivity contribution is 6.35. The second-order valence-electron chi connectivity index (χ2n) is 5.29. The smallest absolute Gasteiger partial charge is 0.306 e. The van der Waals surface area contributed by atoms with Crippen molar-refractivity contribution in [2.45, 2.75) is 39.2 Å². The quantitative estimate of drug-likeness (QED) is 0.852. The molecule has 0 aromatic heterocycles. The zero-order chi connectivity index (χ0) is 15.3. The largest absolute Gasteiger partial charge is 0.460 e. The van der Waals surface area contributed by atoms with E-state index in [-0.39, 0.29) is 18.7 Å². The number of amides is 1. The van der Waals surface area contributed by atoms with Crippen LogP contribution in [0, 0.1) is 0 Å². The average Bonchev–Trinajstić information content (AvgIpc) is 2.22. The highest BCUT2D eigenvalue weighted by Gasteiger charge is 2.17. The van der Waals surface area contributed by atoms with E-state index in [9.17, 15) is 9.59 Å². The first-order valence-electron chi connectivity index (χ1n) is 6.13. The first-order chi connectivity index (χ1) is 9.15. The molecule has 0 unspecified atom stereocenters. The highest BCUT2D eigenvalue weighted by Crippen LogP contribution is 2.22. The zero-order valence-corrected chi connectivity index (χ0v) is 13.1. The first-order valence-corrected chi connectivity index (χ1v) is 6.89. The predicted octanol–water partition coefficient (Wildman–Crippen LogP) is 4.05. The van der Waals surface area contributed by atoms with Crippen molar-refractivity contribution < 1.29 is 14.3 Å². The highest BCUT2D eigenvalue weighted by atomic mass is 35.5. The second-order valence-corrected chi connectivity index (χ2v) is 6.17. The van der Waals surface area contributed by atoms with Gasteiger partial charge in [0.15, 0.2) is 0 Å². The fraction of sp³-hybridized carbons (Fsp3) is 0.429. The van der Waals surface area contributed by atoms with E-state index < -0.39 is 11.6 Å². The van der Waals surface area contributed by atoms with Gasteiger partial charge in [-0.1, -0.05) is 23.2 Å². The average molecular weight is 318 g/mol. The monoisotopic (exact) mass is 317 g/mol. The van der Waals surface area contributed by atoms with Crippen molar-refractivity contribution in [2.24, 2.45) is 0 Å². The maximum absolute atomic E-state index is 11.7. The van der Waals surface area contributed by atoms with Gasteiger partial charge in [0.05, 0.1) is 6.42 Å². The van der Waals surface area contributed by atoms with Crippen LogP contribution in [0.2, 0.25) is 10.0 Å². The molecule has 6 heteroatoms. The maximum Gasteiger partial charge on any atom is 0.306 e. The number of esters is 1. The minimum atomic E-state index is -0.548. The molecule has 0 aliphatic carbocycles. The Balaban J connectivity index is 2.46. The number of anilines is 1. The van der Waals surface area contributed by atoms with Crippen molar-refractivity contribution in [3.8, 4) is 0 Å². The summed E-state index contributed by atoms with van der Waals surface area (Å²) in [7, 11) is 0. The lowest BCUT2D eigenvalue weighted by atomic mass is 10.2. The molecule has 0 spiro atoms. The van der Waals surface area contributed by atoms with Crippen LogP contribution in [0.5, 0.6) is 0 Å². The Bertz CT molecular complexity index is 489. The molecule has 0 bridgehead atoms. The third-order valence-corrected chi connectivity index (χ3v) is 2.56. The van der Waals surface area contributed by atoms with Gasteiger partial charge in [-0.25, -0.2) is 0 Å². The molecule has 0 aliphatic heterocycles. The standard InChI is InChI=1S/C14H17Cl2NO3/c1-14(2,3)20-13(19)5-4-12(18)17-11-7-9(15)6-10(16)8-11/h6-8H,4-5H2,1-3H3,(H,17,18). The summed E-state index contributed by atoms with van der Waals surface area (Å²) in [5.74, 6) is -0.703. The zero-order valence-electron chi connectivity index (χ0n) is 11.6. The molecule has 0 saturated carbocycles. The summed E-state index contributed by atoms with van der Waals surface area (Å²) in [5, 5.41) is 3.49. The molecule has 0 heterocycles. The maximum atomic E-state index is 11.7. The van der Waals surface area contributed by atoms with Crippen LogP contribution >= 0.6 is 23.2 Å². The SMILES string of the molecule is CC(C)(C)OC(=O)CCC(=O)Nc1cc(Cl)cc(Cl)c1. The molecular formula is C14H17Cl2NO3. The predicted molar refractivity (Wildman–Crippen MR) is 80.2 cm³/mol. The van der Waals surface area contributed by atoms with E-state index in [2.05, 4.69) is 5.32 Å². The molecule has 0 atom stereocenters. The van der Waals surface area contributed by atoms with Crippen LogP contribution in [0.3, 0.4) is 0 Å². The Labute approximate surface area is 128 Å². The molecule has 1 aromatic carbocycles. The van der Waals surface area contributed by atoms with E-state index in [1.807, 2.05) is 0 Å². The van der Waals surface area contributed by atoms with Gasteiger partial charge in [-0.2, -0.15) is 0 Å². The minimum absolute atomic E-state index is 0.0252. The number of ether oxygens (including phenoxy) is 1. The van der Waals surface area contributed by atoms with Gasteiger partial charge in [0, 0.05) is 22.2 Å². The van der Waals surface area contributed by atoms with Crippen LogP contribution in [0.25, 0.3) is 0 Å². The molecule has 0 aliphatic rings. The number of hydrogen-bond acceptors (Lipinski definition) is 3. The van der Waals surface area contributed by atoms with Gasteiger partial charge in [0.2, 0.25) is 5.91 Å². The van der Waals surface area contributed by atoms with Crippen molar-refractivity contribution in [1.82, 2.24) is 0 Å². The normalized spacial score (nSPS) is 11.1. The van der Waals surface area contributed by atoms with E-state index in [0.29, 0.717) is 15.7 Å². The van der Waals surface area contributed by atoms with Crippen LogP contribution in [-0.2, 0) is 14.3 Å². The number of carbonyl (C=O) groups excluding carboxylic acids is 2. The van der Waals surface area contributed by atoms with E-state index in [1.165, 1.54) is 0 Å². The Morgan fingerprint density at radius 2 is 1.65 bits per heavy atom. The van der Waals surface area contributed by atoms with Gasteiger partial charge in [-0.05, 0) is 39.0 Å². The topological polar surface area (TPSA) is 55.4 Å². The lowest BCUT2D eigenvalue weighted by Gasteiger charge is -2.19. The van der Waals surface area contributed by atoms with E-state index in [0.717, 1.165) is 0 Å². The van der Waals surface area contributed by atoms with Crippen molar-refractivity contribution in [1.29, 1.82) is 0 Å². The van der Waals surface area contributed by atoms with Gasteiger partial charge in [-0.3, -0.25) is 9.59 Å². The van der Waals surface area contributed by atoms with Crippen LogP contribution in [0.1, 0.15) is 33.6 Å². The Morgan fingerprint density at radius 1 is 1.10 bits per heavy atom. The number of nitrogens with one attached hydrogen (secondary N) is 1. The number of rotatable bonds is 4. The molecule has 0 radical (unpaired) electrons. The molecule has 1 amide bonds. The van der Waals surface area contributed by atoms with E-state index in [1.54, 1.807) is 39.0 Å². The summed E-state index contributed by atoms with van der Waals surface area (Å²) in [6, 6.07) is 4.73. The summed E-state index contributed by atoms with van der Waals surface area (Å²) < 4.78 is 5.12. The minimum Gasteiger partial charge on any atom is -0.460 e. The fourth-order valence-corrected chi connectivity index (χ4v) is 1.98. The van der Waals surface area contributed by atoms with Crippen LogP contribution in [0.4, 0.5) is 5.69 Å². The third-order valence-electron chi connectivity index (χ3n) is 2.12. The molecule has 1 rings (SSSR count). The summed E-state index contributed by atoms with van der Waals surface area (Å²) in [4.78, 5) is 23.2. The number of carbonyl (C=O) groups is 2. The van der Waals surface area contributed by atoms with E-state index in [4.69, 9.17) is 27.9 Å². The van der Waals surface area contributed by atoms with Gasteiger partial charge >= 0.3 is 5.97 Å². The molecule has 110 valence electrons. The van der Waals surface area contributed by atoms with Crippen LogP contribution in [0.15, 0.2) is 18.2 Å². The van der Waals surface area contributed by atoms with Gasteiger partial charge in [0.1, 0.15) is 5.60 Å². The summed E-state index contributed by atoms with van der Waals surface area (Å²) in [5.41, 5.74) is -0.0506. The third kappa shape index (κ3) is 6.78. The van der Waals surface area contributed by atoms with Crippen molar-refractivity contribution >= 4 is 40.8 Å². The summed E-state index contributed by atoms with van der Waals surface area (Å²) in [6.07, 6.45) is 0.0659. The molecule has 1 N–H and O–H groups in total. The Kier molecular flexibility index (Phi) is 5.84. The Morgan fingerprint density at radius 3 is 2.15 bits per heavy atom. The lowest BCUT2D eigenvalue weighted by Crippen LogP contribution is -2.24. The van der Waals surface area contributed by atoms with Crippen molar-refractivity contribution in [3.05, 3.63) is 28.2 Å². The molecule has 1 aromatic rings. The second kappa shape index (κ2) is 6.95. The summed E-state index contributed by atoms with van der Waals surface area (Å²) in [6.45, 7) is 5.33. The van der Waals surface area contributed by atoms with Crippen molar-refractivity contribution in [3.63, 3.8) is 0 Å². The Hall–Kier alpha value is -1.26.